The zero-order chi connectivity index (χ0) is 16.2. The second-order valence-electron chi connectivity index (χ2n) is 4.47. The van der Waals surface area contributed by atoms with Gasteiger partial charge in [0.2, 0.25) is 11.8 Å². The molecule has 0 aliphatic carbocycles. The van der Waals surface area contributed by atoms with Gasteiger partial charge in [-0.3, -0.25) is 19.7 Å². The molecule has 0 heterocycles. The Labute approximate surface area is 120 Å². The van der Waals surface area contributed by atoms with Crippen molar-refractivity contribution in [3.05, 3.63) is 33.9 Å². The van der Waals surface area contributed by atoms with E-state index in [9.17, 15) is 24.8 Å². The summed E-state index contributed by atoms with van der Waals surface area (Å²) >= 11 is 0. The van der Waals surface area contributed by atoms with E-state index in [4.69, 9.17) is 11.5 Å². The van der Waals surface area contributed by atoms with Crippen molar-refractivity contribution in [1.29, 1.82) is 0 Å². The molecule has 2 amide bonds. The Hall–Kier alpha value is -2.68. The highest BCUT2D eigenvalue weighted by Gasteiger charge is 2.23. The van der Waals surface area contributed by atoms with Gasteiger partial charge in [0.25, 0.3) is 5.69 Å². The van der Waals surface area contributed by atoms with Gasteiger partial charge < -0.3 is 21.5 Å². The maximum Gasteiger partial charge on any atom is 0.292 e. The Balaban J connectivity index is 3.31. The molecule has 0 saturated carbocycles. The lowest BCUT2D eigenvalue weighted by Crippen LogP contribution is -2.40. The Kier molecular flexibility index (Phi) is 5.19. The largest absolute Gasteiger partial charge is 0.389 e. The fourth-order valence-corrected chi connectivity index (χ4v) is 1.82. The standard InChI is InChI=1S/C12H16N4O5/c1-7(17)8-2-3-9(10(4-8)16(20)21)15(5-11(13)18)6-12(14)19/h2-4,7,17H,5-6H2,1H3,(H2,13,18)(H2,14,19)/t7-/m1/s1. The summed E-state index contributed by atoms with van der Waals surface area (Å²) in [6, 6.07) is 3.98. The van der Waals surface area contributed by atoms with Gasteiger partial charge in [-0.05, 0) is 18.6 Å². The normalized spacial score (nSPS) is 11.7. The number of nitrogens with two attached hydrogens (primary N) is 2. The van der Waals surface area contributed by atoms with Crippen LogP contribution in [0.25, 0.3) is 0 Å². The predicted molar refractivity (Wildman–Crippen MR) is 74.3 cm³/mol. The van der Waals surface area contributed by atoms with Gasteiger partial charge in [-0.1, -0.05) is 6.07 Å². The van der Waals surface area contributed by atoms with Gasteiger partial charge in [0.1, 0.15) is 5.69 Å². The first-order valence-electron chi connectivity index (χ1n) is 6.00. The number of benzene rings is 1. The molecule has 0 aliphatic heterocycles. The Morgan fingerprint density at radius 3 is 2.24 bits per heavy atom. The molecule has 0 aromatic heterocycles. The average Bonchev–Trinajstić information content (AvgIpc) is 2.35. The summed E-state index contributed by atoms with van der Waals surface area (Å²) in [5.41, 5.74) is 10.2. The van der Waals surface area contributed by atoms with E-state index >= 15 is 0 Å². The van der Waals surface area contributed by atoms with Crippen molar-refractivity contribution in [2.75, 3.05) is 18.0 Å². The smallest absolute Gasteiger partial charge is 0.292 e. The molecule has 5 N–H and O–H groups in total. The van der Waals surface area contributed by atoms with E-state index in [0.717, 1.165) is 4.90 Å². The summed E-state index contributed by atoms with van der Waals surface area (Å²) in [7, 11) is 0. The van der Waals surface area contributed by atoms with Crippen molar-refractivity contribution >= 4 is 23.2 Å². The van der Waals surface area contributed by atoms with Gasteiger partial charge in [0, 0.05) is 6.07 Å². The second-order valence-corrected chi connectivity index (χ2v) is 4.47. The third-order valence-corrected chi connectivity index (χ3v) is 2.71. The van der Waals surface area contributed by atoms with Crippen LogP contribution < -0.4 is 16.4 Å². The summed E-state index contributed by atoms with van der Waals surface area (Å²) in [6.07, 6.45) is -0.890. The third-order valence-electron chi connectivity index (χ3n) is 2.71. The lowest BCUT2D eigenvalue weighted by Gasteiger charge is -2.22. The molecule has 1 rings (SSSR count). The van der Waals surface area contributed by atoms with Crippen LogP contribution in [0.5, 0.6) is 0 Å². The topological polar surface area (TPSA) is 153 Å². The SMILES string of the molecule is C[C@@H](O)c1ccc(N(CC(N)=O)CC(N)=O)c([N+](=O)[O-])c1. The van der Waals surface area contributed by atoms with Crippen molar-refractivity contribution in [1.82, 2.24) is 0 Å². The highest BCUT2D eigenvalue weighted by molar-refractivity contribution is 5.86. The quantitative estimate of drug-likeness (QED) is 0.452. The number of anilines is 1. The number of nitro groups is 1. The zero-order valence-electron chi connectivity index (χ0n) is 11.4. The molecule has 9 heteroatoms. The molecule has 0 fully saturated rings. The Morgan fingerprint density at radius 1 is 1.33 bits per heavy atom. The molecule has 0 aliphatic rings. The van der Waals surface area contributed by atoms with Gasteiger partial charge in [0.05, 0.1) is 24.1 Å². The van der Waals surface area contributed by atoms with Crippen LogP contribution in [0.15, 0.2) is 18.2 Å². The lowest BCUT2D eigenvalue weighted by atomic mass is 10.1. The van der Waals surface area contributed by atoms with Crippen molar-refractivity contribution < 1.29 is 19.6 Å². The minimum absolute atomic E-state index is 0.0296. The van der Waals surface area contributed by atoms with E-state index in [1.807, 2.05) is 0 Å². The van der Waals surface area contributed by atoms with Gasteiger partial charge in [0.15, 0.2) is 0 Å². The summed E-state index contributed by atoms with van der Waals surface area (Å²) in [5, 5.41) is 20.6. The predicted octanol–water partition coefficient (Wildman–Crippen LogP) is -0.575. The molecule has 1 atom stereocenters. The highest BCUT2D eigenvalue weighted by Crippen LogP contribution is 2.31. The Morgan fingerprint density at radius 2 is 1.86 bits per heavy atom. The first kappa shape index (κ1) is 16.4. The van der Waals surface area contributed by atoms with Crippen molar-refractivity contribution in [3.8, 4) is 0 Å². The fourth-order valence-electron chi connectivity index (χ4n) is 1.82. The van der Waals surface area contributed by atoms with Crippen LogP contribution >= 0.6 is 0 Å². The molecule has 1 aromatic rings. The maximum absolute atomic E-state index is 11.1. The fraction of sp³-hybridized carbons (Fsp3) is 0.333. The van der Waals surface area contributed by atoms with Gasteiger partial charge in [-0.2, -0.15) is 0 Å². The molecule has 0 spiro atoms. The number of primary amides is 2. The molecular weight excluding hydrogens is 280 g/mol. The van der Waals surface area contributed by atoms with Crippen LogP contribution in [0.2, 0.25) is 0 Å². The first-order valence-corrected chi connectivity index (χ1v) is 6.00. The van der Waals surface area contributed by atoms with E-state index < -0.39 is 35.9 Å². The first-order chi connectivity index (χ1) is 9.72. The van der Waals surface area contributed by atoms with E-state index in [-0.39, 0.29) is 11.4 Å². The van der Waals surface area contributed by atoms with Gasteiger partial charge >= 0.3 is 0 Å². The van der Waals surface area contributed by atoms with Gasteiger partial charge in [-0.25, -0.2) is 0 Å². The number of nitrogens with zero attached hydrogens (tertiary/aromatic N) is 2. The van der Waals surface area contributed by atoms with Crippen LogP contribution in [-0.4, -0.2) is 34.9 Å². The minimum Gasteiger partial charge on any atom is -0.389 e. The van der Waals surface area contributed by atoms with Crippen molar-refractivity contribution in [2.45, 2.75) is 13.0 Å². The molecule has 9 nitrogen and oxygen atoms in total. The summed E-state index contributed by atoms with van der Waals surface area (Å²) in [4.78, 5) is 33.7. The molecule has 114 valence electrons. The van der Waals surface area contributed by atoms with Crippen LogP contribution in [0, 0.1) is 10.1 Å². The molecule has 21 heavy (non-hydrogen) atoms. The second kappa shape index (κ2) is 6.66. The van der Waals surface area contributed by atoms with E-state index in [0.29, 0.717) is 5.56 Å². The van der Waals surface area contributed by atoms with E-state index in [2.05, 4.69) is 0 Å². The van der Waals surface area contributed by atoms with Crippen molar-refractivity contribution in [3.63, 3.8) is 0 Å². The average molecular weight is 296 g/mol. The van der Waals surface area contributed by atoms with Crippen LogP contribution in [0.4, 0.5) is 11.4 Å². The molecule has 0 unspecified atom stereocenters. The van der Waals surface area contributed by atoms with Crippen LogP contribution in [0.3, 0.4) is 0 Å². The zero-order valence-corrected chi connectivity index (χ0v) is 11.4. The van der Waals surface area contributed by atoms with E-state index in [1.54, 1.807) is 0 Å². The maximum atomic E-state index is 11.1. The lowest BCUT2D eigenvalue weighted by molar-refractivity contribution is -0.384. The highest BCUT2D eigenvalue weighted by atomic mass is 16.6. The Bertz CT molecular complexity index is 557. The summed E-state index contributed by atoms with van der Waals surface area (Å²) in [6.45, 7) is 0.679. The summed E-state index contributed by atoms with van der Waals surface area (Å²) < 4.78 is 0. The number of carbonyl (C=O) groups excluding carboxylic acids is 2. The monoisotopic (exact) mass is 296 g/mol. The van der Waals surface area contributed by atoms with E-state index in [1.165, 1.54) is 25.1 Å². The number of amides is 2. The number of hydrogen-bond donors (Lipinski definition) is 3. The number of hydrogen-bond acceptors (Lipinski definition) is 6. The summed E-state index contributed by atoms with van der Waals surface area (Å²) in [5.74, 6) is -1.52. The number of carbonyl (C=O) groups is 2. The molecule has 1 aromatic carbocycles. The number of rotatable bonds is 7. The molecule has 0 radical (unpaired) electrons. The number of aliphatic hydroxyl groups excluding tert-OH is 1. The van der Waals surface area contributed by atoms with Crippen LogP contribution in [-0.2, 0) is 9.59 Å². The number of aliphatic hydroxyl groups is 1. The van der Waals surface area contributed by atoms with Gasteiger partial charge in [-0.15, -0.1) is 0 Å². The molecule has 0 saturated heterocycles. The minimum atomic E-state index is -0.890. The third kappa shape index (κ3) is 4.42. The molecule has 0 bridgehead atoms. The number of nitro benzene ring substituents is 1. The van der Waals surface area contributed by atoms with Crippen LogP contribution in [0.1, 0.15) is 18.6 Å². The van der Waals surface area contributed by atoms with Crippen molar-refractivity contribution in [2.24, 2.45) is 11.5 Å². The molecular formula is C12H16N4O5.